The number of nitrogens with one attached hydrogen (secondary N) is 1. The minimum Gasteiger partial charge on any atom is -0.481 e. The zero-order valence-corrected chi connectivity index (χ0v) is 13.7. The molecule has 2 N–H and O–H groups in total. The first kappa shape index (κ1) is 17.1. The quantitative estimate of drug-likeness (QED) is 0.726. The summed E-state index contributed by atoms with van der Waals surface area (Å²) >= 11 is 1.26. The summed E-state index contributed by atoms with van der Waals surface area (Å²) in [4.78, 5) is 22.3. The van der Waals surface area contributed by atoms with Crippen LogP contribution in [-0.4, -0.2) is 35.0 Å². The van der Waals surface area contributed by atoms with E-state index < -0.39 is 5.97 Å². The maximum Gasteiger partial charge on any atom is 0.313 e. The van der Waals surface area contributed by atoms with Gasteiger partial charge in [0.2, 0.25) is 0 Å². The van der Waals surface area contributed by atoms with E-state index in [0.717, 1.165) is 12.0 Å². The Morgan fingerprint density at radius 3 is 2.57 bits per heavy atom. The van der Waals surface area contributed by atoms with Crippen molar-refractivity contribution in [3.05, 3.63) is 47.7 Å². The monoisotopic (exact) mass is 333 g/mol. The number of hydrogen-bond donors (Lipinski definition) is 2. The van der Waals surface area contributed by atoms with Crippen molar-refractivity contribution < 1.29 is 19.1 Å². The van der Waals surface area contributed by atoms with Crippen LogP contribution in [0.2, 0.25) is 0 Å². The molecule has 1 amide bonds. The fourth-order valence-corrected chi connectivity index (χ4v) is 2.57. The fourth-order valence-electron chi connectivity index (χ4n) is 2.00. The third-order valence-corrected chi connectivity index (χ3v) is 4.18. The number of carboxylic acid groups (broad SMARTS) is 1. The van der Waals surface area contributed by atoms with Crippen LogP contribution < -0.4 is 5.32 Å². The van der Waals surface area contributed by atoms with Crippen molar-refractivity contribution in [2.45, 2.75) is 13.3 Å². The molecule has 0 radical (unpaired) electrons. The molecule has 0 saturated heterocycles. The van der Waals surface area contributed by atoms with E-state index in [1.54, 1.807) is 12.1 Å². The number of aliphatic carboxylic acids is 1. The second-order valence-corrected chi connectivity index (χ2v) is 6.02. The lowest BCUT2D eigenvalue weighted by Crippen LogP contribution is -2.25. The van der Waals surface area contributed by atoms with Crippen LogP contribution in [0.3, 0.4) is 0 Å². The Morgan fingerprint density at radius 2 is 1.91 bits per heavy atom. The topological polar surface area (TPSA) is 79.5 Å². The summed E-state index contributed by atoms with van der Waals surface area (Å²) in [5.74, 6) is 0.336. The number of aryl methyl sites for hydroxylation is 1. The standard InChI is InChI=1S/C17H19NO4S/c1-2-12-3-5-13(6-4-12)14-7-8-15(22-14)17(21)18-9-10-23-11-16(19)20/h3-8H,2,9-11H2,1H3,(H,18,21)(H,19,20). The van der Waals surface area contributed by atoms with Crippen LogP contribution in [0.4, 0.5) is 0 Å². The van der Waals surface area contributed by atoms with Crippen LogP contribution in [0.5, 0.6) is 0 Å². The van der Waals surface area contributed by atoms with Gasteiger partial charge in [-0.15, -0.1) is 11.8 Å². The van der Waals surface area contributed by atoms with Gasteiger partial charge >= 0.3 is 5.97 Å². The molecule has 122 valence electrons. The van der Waals surface area contributed by atoms with E-state index in [1.807, 2.05) is 24.3 Å². The lowest BCUT2D eigenvalue weighted by molar-refractivity contribution is -0.133. The molecule has 6 heteroatoms. The molecule has 0 fully saturated rings. The highest BCUT2D eigenvalue weighted by molar-refractivity contribution is 7.99. The van der Waals surface area contributed by atoms with Gasteiger partial charge in [-0.1, -0.05) is 31.2 Å². The second kappa shape index (κ2) is 8.43. The Hall–Kier alpha value is -2.21. The Kier molecular flexibility index (Phi) is 6.29. The van der Waals surface area contributed by atoms with Gasteiger partial charge < -0.3 is 14.8 Å². The Morgan fingerprint density at radius 1 is 1.17 bits per heavy atom. The van der Waals surface area contributed by atoms with Crippen LogP contribution in [0.15, 0.2) is 40.8 Å². The van der Waals surface area contributed by atoms with E-state index in [2.05, 4.69) is 12.2 Å². The molecular formula is C17H19NO4S. The largest absolute Gasteiger partial charge is 0.481 e. The van der Waals surface area contributed by atoms with Crippen LogP contribution in [0.25, 0.3) is 11.3 Å². The van der Waals surface area contributed by atoms with Crippen LogP contribution in [0.1, 0.15) is 23.0 Å². The smallest absolute Gasteiger partial charge is 0.313 e. The van der Waals surface area contributed by atoms with E-state index >= 15 is 0 Å². The molecule has 2 aromatic rings. The molecule has 0 aliphatic heterocycles. The third kappa shape index (κ3) is 5.17. The minimum atomic E-state index is -0.855. The summed E-state index contributed by atoms with van der Waals surface area (Å²) in [6, 6.07) is 11.4. The number of amides is 1. The van der Waals surface area contributed by atoms with Crippen molar-refractivity contribution in [2.75, 3.05) is 18.1 Å². The first-order valence-electron chi connectivity index (χ1n) is 7.37. The first-order chi connectivity index (χ1) is 11.1. The molecule has 0 bridgehead atoms. The van der Waals surface area contributed by atoms with E-state index in [1.165, 1.54) is 17.3 Å². The van der Waals surface area contributed by atoms with Crippen LogP contribution in [0, 0.1) is 0 Å². The number of carbonyl (C=O) groups excluding carboxylic acids is 1. The molecule has 0 spiro atoms. The van der Waals surface area contributed by atoms with Crippen molar-refractivity contribution in [2.24, 2.45) is 0 Å². The lowest BCUT2D eigenvalue weighted by Gasteiger charge is -2.02. The highest BCUT2D eigenvalue weighted by atomic mass is 32.2. The minimum absolute atomic E-state index is 0.0362. The van der Waals surface area contributed by atoms with Gasteiger partial charge in [0.1, 0.15) is 5.76 Å². The molecule has 0 aliphatic carbocycles. The molecule has 0 unspecified atom stereocenters. The van der Waals surface area contributed by atoms with E-state index in [-0.39, 0.29) is 17.4 Å². The van der Waals surface area contributed by atoms with Crippen LogP contribution in [-0.2, 0) is 11.2 Å². The number of benzene rings is 1. The number of rotatable bonds is 8. The van der Waals surface area contributed by atoms with Gasteiger partial charge in [-0.2, -0.15) is 0 Å². The summed E-state index contributed by atoms with van der Waals surface area (Å²) in [6.45, 7) is 2.50. The average Bonchev–Trinajstić information content (AvgIpc) is 3.04. The second-order valence-electron chi connectivity index (χ2n) is 4.92. The molecular weight excluding hydrogens is 314 g/mol. The zero-order chi connectivity index (χ0) is 16.7. The van der Waals surface area contributed by atoms with Crippen molar-refractivity contribution in [3.8, 4) is 11.3 Å². The molecule has 0 aliphatic rings. The molecule has 5 nitrogen and oxygen atoms in total. The first-order valence-corrected chi connectivity index (χ1v) is 8.52. The Balaban J connectivity index is 1.87. The van der Waals surface area contributed by atoms with E-state index in [0.29, 0.717) is 18.1 Å². The van der Waals surface area contributed by atoms with Crippen molar-refractivity contribution in [3.63, 3.8) is 0 Å². The average molecular weight is 333 g/mol. The molecule has 1 aromatic heterocycles. The van der Waals surface area contributed by atoms with Gasteiger partial charge in [-0.25, -0.2) is 0 Å². The van der Waals surface area contributed by atoms with E-state index in [4.69, 9.17) is 9.52 Å². The predicted octanol–water partition coefficient (Wildman–Crippen LogP) is 3.06. The number of carbonyl (C=O) groups is 2. The number of thioether (sulfide) groups is 1. The number of carboxylic acids is 1. The van der Waals surface area contributed by atoms with Crippen molar-refractivity contribution >= 4 is 23.6 Å². The molecule has 0 saturated carbocycles. The summed E-state index contributed by atoms with van der Waals surface area (Å²) in [6.07, 6.45) is 0.978. The maximum absolute atomic E-state index is 12.0. The molecule has 23 heavy (non-hydrogen) atoms. The van der Waals surface area contributed by atoms with Gasteiger partial charge in [0, 0.05) is 17.9 Å². The SMILES string of the molecule is CCc1ccc(-c2ccc(C(=O)NCCSCC(=O)O)o2)cc1. The van der Waals surface area contributed by atoms with Gasteiger partial charge in [-0.05, 0) is 24.1 Å². The Labute approximate surface area is 139 Å². The molecule has 2 rings (SSSR count). The predicted molar refractivity (Wildman–Crippen MR) is 90.8 cm³/mol. The summed E-state index contributed by atoms with van der Waals surface area (Å²) in [7, 11) is 0. The summed E-state index contributed by atoms with van der Waals surface area (Å²) in [5, 5.41) is 11.2. The van der Waals surface area contributed by atoms with Gasteiger partial charge in [0.05, 0.1) is 5.75 Å². The third-order valence-electron chi connectivity index (χ3n) is 3.23. The molecule has 1 aromatic carbocycles. The zero-order valence-electron chi connectivity index (χ0n) is 12.9. The van der Waals surface area contributed by atoms with Gasteiger partial charge in [0.15, 0.2) is 5.76 Å². The van der Waals surface area contributed by atoms with Gasteiger partial charge in [0.25, 0.3) is 5.91 Å². The summed E-state index contributed by atoms with van der Waals surface area (Å²) < 4.78 is 5.59. The van der Waals surface area contributed by atoms with Gasteiger partial charge in [-0.3, -0.25) is 9.59 Å². The molecule has 0 atom stereocenters. The molecule has 1 heterocycles. The van der Waals surface area contributed by atoms with Crippen LogP contribution >= 0.6 is 11.8 Å². The fraction of sp³-hybridized carbons (Fsp3) is 0.294. The maximum atomic E-state index is 12.0. The lowest BCUT2D eigenvalue weighted by atomic mass is 10.1. The number of hydrogen-bond acceptors (Lipinski definition) is 4. The van der Waals surface area contributed by atoms with Crippen molar-refractivity contribution in [1.82, 2.24) is 5.32 Å². The summed E-state index contributed by atoms with van der Waals surface area (Å²) in [5.41, 5.74) is 2.18. The van der Waals surface area contributed by atoms with Crippen molar-refractivity contribution in [1.29, 1.82) is 0 Å². The van der Waals surface area contributed by atoms with E-state index in [9.17, 15) is 9.59 Å². The highest BCUT2D eigenvalue weighted by Gasteiger charge is 2.11. The normalized spacial score (nSPS) is 10.5. The Bertz CT molecular complexity index is 663. The number of furan rings is 1. The highest BCUT2D eigenvalue weighted by Crippen LogP contribution is 2.22.